The molecule has 1 aliphatic carbocycles. The number of rotatable bonds is 0. The van der Waals surface area contributed by atoms with E-state index in [9.17, 15) is 0 Å². The Hall–Kier alpha value is 0.0300. The molecule has 0 aliphatic heterocycles. The highest BCUT2D eigenvalue weighted by Gasteiger charge is 2.10. The van der Waals surface area contributed by atoms with Crippen molar-refractivity contribution in [3.05, 3.63) is 12.2 Å². The van der Waals surface area contributed by atoms with E-state index in [-0.39, 0.29) is 0 Å². The molecule has 40 valence electrons. The monoisotopic (exact) mass is 116 g/mol. The van der Waals surface area contributed by atoms with Crippen molar-refractivity contribution < 1.29 is 0 Å². The lowest BCUT2D eigenvalue weighted by molar-refractivity contribution is 0.705. The van der Waals surface area contributed by atoms with Crippen molar-refractivity contribution in [3.63, 3.8) is 0 Å². The van der Waals surface area contributed by atoms with Gasteiger partial charge in [0.2, 0.25) is 0 Å². The third kappa shape index (κ3) is 1.20. The van der Waals surface area contributed by atoms with Crippen LogP contribution in [0, 0.1) is 5.92 Å². The van der Waals surface area contributed by atoms with E-state index in [1.165, 1.54) is 0 Å². The topological polar surface area (TPSA) is 0 Å². The minimum absolute atomic E-state index is 0.315. The Kier molecular flexibility index (Phi) is 1.38. The number of alkyl halides is 1. The zero-order chi connectivity index (χ0) is 5.28. The van der Waals surface area contributed by atoms with Crippen LogP contribution in [0.25, 0.3) is 0 Å². The molecule has 0 aromatic carbocycles. The molecule has 0 saturated heterocycles. The molecule has 0 spiro atoms. The molecular weight excluding hydrogens is 108 g/mol. The molecule has 0 nitrogen and oxygen atoms in total. The minimum Gasteiger partial charge on any atom is -0.118 e. The van der Waals surface area contributed by atoms with Gasteiger partial charge in [-0.15, -0.1) is 11.6 Å². The molecule has 1 aliphatic rings. The van der Waals surface area contributed by atoms with Gasteiger partial charge < -0.3 is 0 Å². The average molecular weight is 117 g/mol. The van der Waals surface area contributed by atoms with Crippen molar-refractivity contribution in [1.29, 1.82) is 0 Å². The summed E-state index contributed by atoms with van der Waals surface area (Å²) in [6.45, 7) is 2.18. The molecule has 1 heteroatoms. The molecule has 0 radical (unpaired) electrons. The maximum Gasteiger partial charge on any atom is 0.0521 e. The molecule has 0 fully saturated rings. The van der Waals surface area contributed by atoms with Crippen molar-refractivity contribution in [2.45, 2.75) is 18.7 Å². The normalized spacial score (nSPS) is 39.7. The number of halogens is 1. The Morgan fingerprint density at radius 2 is 2.29 bits per heavy atom. The molecule has 2 atom stereocenters. The predicted molar refractivity (Wildman–Crippen MR) is 32.6 cm³/mol. The van der Waals surface area contributed by atoms with Crippen LogP contribution in [-0.2, 0) is 0 Å². The van der Waals surface area contributed by atoms with Gasteiger partial charge in [0.1, 0.15) is 0 Å². The molecule has 7 heavy (non-hydrogen) atoms. The SMILES string of the molecule is C[C@H]1C=C[C@@H](Cl)C1. The number of hydrogen-bond acceptors (Lipinski definition) is 0. The Morgan fingerprint density at radius 3 is 2.43 bits per heavy atom. The van der Waals surface area contributed by atoms with E-state index < -0.39 is 0 Å². The zero-order valence-corrected chi connectivity index (χ0v) is 5.15. The molecular formula is C6H9Cl. The maximum absolute atomic E-state index is 5.72. The molecule has 0 saturated carbocycles. The Labute approximate surface area is 49.2 Å². The first-order valence-electron chi connectivity index (χ1n) is 2.61. The standard InChI is InChI=1S/C6H9Cl/c1-5-2-3-6(7)4-5/h2-3,5-6H,4H2,1H3/t5-,6+/m0/s1. The first-order valence-corrected chi connectivity index (χ1v) is 3.05. The van der Waals surface area contributed by atoms with Gasteiger partial charge in [0.15, 0.2) is 0 Å². The lowest BCUT2D eigenvalue weighted by atomic mass is 10.2. The van der Waals surface area contributed by atoms with E-state index in [0.29, 0.717) is 11.3 Å². The summed E-state index contributed by atoms with van der Waals surface area (Å²) in [5.74, 6) is 0.711. The van der Waals surface area contributed by atoms with Gasteiger partial charge in [-0.05, 0) is 12.3 Å². The Morgan fingerprint density at radius 1 is 1.57 bits per heavy atom. The summed E-state index contributed by atoms with van der Waals surface area (Å²) in [6.07, 6.45) is 5.35. The van der Waals surface area contributed by atoms with Gasteiger partial charge >= 0.3 is 0 Å². The highest BCUT2D eigenvalue weighted by molar-refractivity contribution is 6.22. The second-order valence-electron chi connectivity index (χ2n) is 2.11. The number of hydrogen-bond donors (Lipinski definition) is 0. The highest BCUT2D eigenvalue weighted by Crippen LogP contribution is 2.20. The summed E-state index contributed by atoms with van der Waals surface area (Å²) in [6, 6.07) is 0. The summed E-state index contributed by atoms with van der Waals surface area (Å²) < 4.78 is 0. The highest BCUT2D eigenvalue weighted by atomic mass is 35.5. The van der Waals surface area contributed by atoms with E-state index >= 15 is 0 Å². The first-order chi connectivity index (χ1) is 3.29. The molecule has 0 heterocycles. The van der Waals surface area contributed by atoms with Crippen LogP contribution in [0.1, 0.15) is 13.3 Å². The lowest BCUT2D eigenvalue weighted by Crippen LogP contribution is -1.89. The fraction of sp³-hybridized carbons (Fsp3) is 0.667. The summed E-state index contributed by atoms with van der Waals surface area (Å²) in [4.78, 5) is 0. The fourth-order valence-corrected chi connectivity index (χ4v) is 1.19. The predicted octanol–water partition coefficient (Wildman–Crippen LogP) is 2.19. The largest absolute Gasteiger partial charge is 0.118 e. The van der Waals surface area contributed by atoms with Gasteiger partial charge in [0.05, 0.1) is 5.38 Å². The van der Waals surface area contributed by atoms with E-state index in [4.69, 9.17) is 11.6 Å². The molecule has 0 bridgehead atoms. The molecule has 0 N–H and O–H groups in total. The summed E-state index contributed by atoms with van der Waals surface area (Å²) >= 11 is 5.72. The van der Waals surface area contributed by atoms with Crippen LogP contribution in [0.15, 0.2) is 12.2 Å². The van der Waals surface area contributed by atoms with Crippen LogP contribution in [-0.4, -0.2) is 5.38 Å². The second-order valence-corrected chi connectivity index (χ2v) is 2.67. The third-order valence-corrected chi connectivity index (χ3v) is 1.57. The van der Waals surface area contributed by atoms with Crippen molar-refractivity contribution in [1.82, 2.24) is 0 Å². The van der Waals surface area contributed by atoms with Crippen LogP contribution in [0.4, 0.5) is 0 Å². The molecule has 0 aromatic rings. The Bertz CT molecular complexity index is 76.2. The molecule has 0 aromatic heterocycles. The van der Waals surface area contributed by atoms with Gasteiger partial charge in [-0.3, -0.25) is 0 Å². The smallest absolute Gasteiger partial charge is 0.0521 e. The number of allylic oxidation sites excluding steroid dienone is 2. The van der Waals surface area contributed by atoms with Crippen LogP contribution < -0.4 is 0 Å². The Balaban J connectivity index is 2.42. The van der Waals surface area contributed by atoms with Crippen molar-refractivity contribution >= 4 is 11.6 Å². The van der Waals surface area contributed by atoms with Crippen molar-refractivity contribution in [2.24, 2.45) is 5.92 Å². The van der Waals surface area contributed by atoms with Crippen molar-refractivity contribution in [3.8, 4) is 0 Å². The summed E-state index contributed by atoms with van der Waals surface area (Å²) in [7, 11) is 0. The van der Waals surface area contributed by atoms with E-state index in [1.54, 1.807) is 0 Å². The quantitative estimate of drug-likeness (QED) is 0.336. The summed E-state index contributed by atoms with van der Waals surface area (Å²) in [5.41, 5.74) is 0. The van der Waals surface area contributed by atoms with Crippen LogP contribution in [0.3, 0.4) is 0 Å². The lowest BCUT2D eigenvalue weighted by Gasteiger charge is -1.95. The van der Waals surface area contributed by atoms with Crippen LogP contribution in [0.5, 0.6) is 0 Å². The third-order valence-electron chi connectivity index (χ3n) is 1.25. The van der Waals surface area contributed by atoms with E-state index in [1.807, 2.05) is 0 Å². The van der Waals surface area contributed by atoms with Gasteiger partial charge in [-0.25, -0.2) is 0 Å². The second kappa shape index (κ2) is 1.87. The van der Waals surface area contributed by atoms with Crippen LogP contribution >= 0.6 is 11.6 Å². The van der Waals surface area contributed by atoms with E-state index in [2.05, 4.69) is 19.1 Å². The first kappa shape index (κ1) is 5.17. The molecule has 1 rings (SSSR count). The van der Waals surface area contributed by atoms with Crippen LogP contribution in [0.2, 0.25) is 0 Å². The minimum atomic E-state index is 0.315. The van der Waals surface area contributed by atoms with Gasteiger partial charge in [0.25, 0.3) is 0 Å². The van der Waals surface area contributed by atoms with Crippen molar-refractivity contribution in [2.75, 3.05) is 0 Å². The summed E-state index contributed by atoms with van der Waals surface area (Å²) in [5, 5.41) is 0.315. The molecule has 0 amide bonds. The van der Waals surface area contributed by atoms with Gasteiger partial charge in [-0.1, -0.05) is 19.1 Å². The average Bonchev–Trinajstić information content (AvgIpc) is 1.87. The molecule has 0 unspecified atom stereocenters. The van der Waals surface area contributed by atoms with Gasteiger partial charge in [-0.2, -0.15) is 0 Å². The zero-order valence-electron chi connectivity index (χ0n) is 4.39. The van der Waals surface area contributed by atoms with E-state index in [0.717, 1.165) is 6.42 Å². The fourth-order valence-electron chi connectivity index (χ4n) is 0.823. The van der Waals surface area contributed by atoms with Gasteiger partial charge in [0, 0.05) is 0 Å². The maximum atomic E-state index is 5.72.